The van der Waals surface area contributed by atoms with Gasteiger partial charge in [-0.3, -0.25) is 9.78 Å². The zero-order valence-electron chi connectivity index (χ0n) is 9.00. The molecule has 0 amide bonds. The molecule has 0 saturated heterocycles. The Morgan fingerprint density at radius 1 is 1.24 bits per heavy atom. The van der Waals surface area contributed by atoms with Crippen LogP contribution in [0, 0.1) is 0 Å². The minimum atomic E-state index is -0.493. The van der Waals surface area contributed by atoms with Gasteiger partial charge in [0.15, 0.2) is 0 Å². The largest absolute Gasteiger partial charge is 0.326 e. The molecule has 2 aromatic rings. The molecule has 0 saturated carbocycles. The van der Waals surface area contributed by atoms with Gasteiger partial charge in [-0.2, -0.15) is 0 Å². The molecular weight excluding hydrogens is 240 g/mol. The number of alkyl halides is 1. The summed E-state index contributed by atoms with van der Waals surface area (Å²) in [6, 6.07) is 5.28. The van der Waals surface area contributed by atoms with Crippen LogP contribution in [0.2, 0.25) is 0 Å². The Balaban J connectivity index is 2.51. The smallest absolute Gasteiger partial charge is 0.307 e. The van der Waals surface area contributed by atoms with Gasteiger partial charge in [-0.25, -0.2) is 4.79 Å². The van der Waals surface area contributed by atoms with Crippen molar-refractivity contribution in [1.82, 2.24) is 9.97 Å². The summed E-state index contributed by atoms with van der Waals surface area (Å²) in [5.74, 6) is 0.567. The van der Waals surface area contributed by atoms with Gasteiger partial charge in [-0.05, 0) is 24.1 Å². The maximum Gasteiger partial charge on any atom is 0.326 e. The highest BCUT2D eigenvalue weighted by atomic mass is 35.5. The van der Waals surface area contributed by atoms with E-state index >= 15 is 0 Å². The van der Waals surface area contributed by atoms with E-state index in [2.05, 4.69) is 9.97 Å². The van der Waals surface area contributed by atoms with Gasteiger partial charge >= 0.3 is 5.69 Å². The lowest BCUT2D eigenvalue weighted by Gasteiger charge is -1.98. The van der Waals surface area contributed by atoms with E-state index in [0.717, 1.165) is 12.0 Å². The highest BCUT2D eigenvalue weighted by molar-refractivity contribution is 6.17. The van der Waals surface area contributed by atoms with E-state index in [-0.39, 0.29) is 5.56 Å². The second-order valence-corrected chi connectivity index (χ2v) is 3.97. The first-order valence-electron chi connectivity index (χ1n) is 5.19. The Hall–Kier alpha value is -1.81. The number of halogens is 1. The van der Waals surface area contributed by atoms with Crippen molar-refractivity contribution in [3.8, 4) is 0 Å². The van der Waals surface area contributed by atoms with Gasteiger partial charge in [0, 0.05) is 5.88 Å². The molecule has 17 heavy (non-hydrogen) atoms. The van der Waals surface area contributed by atoms with E-state index in [9.17, 15) is 9.59 Å². The Morgan fingerprint density at radius 2 is 2.06 bits per heavy atom. The molecule has 2 rings (SSSR count). The summed E-state index contributed by atoms with van der Waals surface area (Å²) in [5.41, 5.74) is 0.567. The van der Waals surface area contributed by atoms with Crippen LogP contribution < -0.4 is 11.2 Å². The lowest BCUT2D eigenvalue weighted by atomic mass is 10.1. The normalized spacial score (nSPS) is 11.4. The average molecular weight is 251 g/mol. The third kappa shape index (κ3) is 2.65. The summed E-state index contributed by atoms with van der Waals surface area (Å²) in [6.07, 6.45) is 4.61. The lowest BCUT2D eigenvalue weighted by Crippen LogP contribution is -2.21. The highest BCUT2D eigenvalue weighted by Gasteiger charge is 2.00. The molecule has 2 N–H and O–H groups in total. The van der Waals surface area contributed by atoms with Crippen LogP contribution in [0.1, 0.15) is 12.0 Å². The Labute approximate surface area is 102 Å². The predicted molar refractivity (Wildman–Crippen MR) is 69.6 cm³/mol. The van der Waals surface area contributed by atoms with Crippen molar-refractivity contribution >= 4 is 28.6 Å². The molecule has 0 bridgehead atoms. The minimum absolute atomic E-state index is 0.378. The molecule has 0 spiro atoms. The molecule has 0 aliphatic rings. The Bertz CT molecular complexity index is 670. The molecule has 88 valence electrons. The van der Waals surface area contributed by atoms with Crippen LogP contribution in [0.15, 0.2) is 33.9 Å². The Morgan fingerprint density at radius 3 is 2.82 bits per heavy atom. The number of fused-ring (bicyclic) bond motifs is 1. The number of aromatic nitrogens is 2. The van der Waals surface area contributed by atoms with Gasteiger partial charge in [-0.15, -0.1) is 11.6 Å². The fraction of sp³-hybridized carbons (Fsp3) is 0.167. The number of aromatic amines is 2. The molecule has 4 nitrogen and oxygen atoms in total. The third-order valence-electron chi connectivity index (χ3n) is 2.35. The first-order valence-corrected chi connectivity index (χ1v) is 5.73. The predicted octanol–water partition coefficient (Wildman–Crippen LogP) is 1.86. The number of rotatable bonds is 3. The monoisotopic (exact) mass is 250 g/mol. The first kappa shape index (κ1) is 11.7. The van der Waals surface area contributed by atoms with Crippen LogP contribution in [0.3, 0.4) is 0 Å². The molecule has 0 fully saturated rings. The summed E-state index contributed by atoms with van der Waals surface area (Å²) < 4.78 is 0. The van der Waals surface area contributed by atoms with E-state index in [1.54, 1.807) is 12.1 Å². The second kappa shape index (κ2) is 5.01. The molecular formula is C12H11ClN2O2. The quantitative estimate of drug-likeness (QED) is 0.817. The summed E-state index contributed by atoms with van der Waals surface area (Å²) >= 11 is 5.56. The maximum atomic E-state index is 11.6. The van der Waals surface area contributed by atoms with Crippen LogP contribution in [0.25, 0.3) is 17.0 Å². The van der Waals surface area contributed by atoms with Crippen molar-refractivity contribution in [1.29, 1.82) is 0 Å². The molecule has 1 aromatic carbocycles. The number of benzene rings is 1. The molecule has 1 aromatic heterocycles. The van der Waals surface area contributed by atoms with Crippen molar-refractivity contribution in [2.45, 2.75) is 6.42 Å². The number of hydrogen-bond acceptors (Lipinski definition) is 2. The molecule has 1 heterocycles. The van der Waals surface area contributed by atoms with Crippen LogP contribution in [0.4, 0.5) is 0 Å². The van der Waals surface area contributed by atoms with Crippen molar-refractivity contribution in [2.75, 3.05) is 5.88 Å². The summed E-state index contributed by atoms with van der Waals surface area (Å²) in [5, 5.41) is 0.470. The fourth-order valence-corrected chi connectivity index (χ4v) is 1.69. The van der Waals surface area contributed by atoms with Crippen LogP contribution in [-0.2, 0) is 0 Å². The van der Waals surface area contributed by atoms with Crippen LogP contribution in [-0.4, -0.2) is 15.8 Å². The van der Waals surface area contributed by atoms with Gasteiger partial charge in [0.25, 0.3) is 5.56 Å². The molecule has 0 unspecified atom stereocenters. The van der Waals surface area contributed by atoms with E-state index in [0.29, 0.717) is 16.8 Å². The number of nitrogens with one attached hydrogen (secondary N) is 2. The fourth-order valence-electron chi connectivity index (χ4n) is 1.57. The number of hydrogen-bond donors (Lipinski definition) is 2. The minimum Gasteiger partial charge on any atom is -0.307 e. The zero-order chi connectivity index (χ0) is 12.3. The van der Waals surface area contributed by atoms with Crippen LogP contribution in [0.5, 0.6) is 0 Å². The van der Waals surface area contributed by atoms with Crippen molar-refractivity contribution in [3.63, 3.8) is 0 Å². The molecule has 0 radical (unpaired) electrons. The van der Waals surface area contributed by atoms with Gasteiger partial charge < -0.3 is 4.98 Å². The van der Waals surface area contributed by atoms with E-state index in [1.807, 2.05) is 18.2 Å². The SMILES string of the molecule is O=c1[nH]c(=O)c2cc(C=CCCCl)ccc2[nH]1. The topological polar surface area (TPSA) is 65.7 Å². The van der Waals surface area contributed by atoms with E-state index < -0.39 is 5.69 Å². The average Bonchev–Trinajstić information content (AvgIpc) is 2.30. The molecule has 0 aliphatic heterocycles. The summed E-state index contributed by atoms with van der Waals surface area (Å²) in [7, 11) is 0. The van der Waals surface area contributed by atoms with Crippen molar-refractivity contribution in [2.24, 2.45) is 0 Å². The van der Waals surface area contributed by atoms with Gasteiger partial charge in [0.05, 0.1) is 10.9 Å². The molecule has 0 aliphatic carbocycles. The van der Waals surface area contributed by atoms with Gasteiger partial charge in [0.1, 0.15) is 0 Å². The summed E-state index contributed by atoms with van der Waals surface area (Å²) in [4.78, 5) is 27.4. The first-order chi connectivity index (χ1) is 8.20. The number of allylic oxidation sites excluding steroid dienone is 1. The van der Waals surface area contributed by atoms with Crippen molar-refractivity contribution in [3.05, 3.63) is 50.7 Å². The molecule has 0 atom stereocenters. The van der Waals surface area contributed by atoms with Crippen LogP contribution >= 0.6 is 11.6 Å². The highest BCUT2D eigenvalue weighted by Crippen LogP contribution is 2.10. The summed E-state index contributed by atoms with van der Waals surface area (Å²) in [6.45, 7) is 0. The third-order valence-corrected chi connectivity index (χ3v) is 2.57. The standard InChI is InChI=1S/C12H11ClN2O2/c13-6-2-1-3-8-4-5-10-9(7-8)11(16)15-12(17)14-10/h1,3-5,7H,2,6H2,(H2,14,15,16,17). The maximum absolute atomic E-state index is 11.6. The van der Waals surface area contributed by atoms with E-state index in [1.165, 1.54) is 0 Å². The van der Waals surface area contributed by atoms with Gasteiger partial charge in [0.2, 0.25) is 0 Å². The van der Waals surface area contributed by atoms with E-state index in [4.69, 9.17) is 11.6 Å². The molecule has 5 heteroatoms. The second-order valence-electron chi connectivity index (χ2n) is 3.59. The lowest BCUT2D eigenvalue weighted by molar-refractivity contribution is 1.08. The Kier molecular flexibility index (Phi) is 3.44. The van der Waals surface area contributed by atoms with Gasteiger partial charge in [-0.1, -0.05) is 18.2 Å². The van der Waals surface area contributed by atoms with Crippen molar-refractivity contribution < 1.29 is 0 Å². The number of H-pyrrole nitrogens is 2. The zero-order valence-corrected chi connectivity index (χ0v) is 9.75.